The Morgan fingerprint density at radius 1 is 1.09 bits per heavy atom. The van der Waals surface area contributed by atoms with Crippen LogP contribution in [0.1, 0.15) is 10.4 Å². The summed E-state index contributed by atoms with van der Waals surface area (Å²) in [4.78, 5) is 16.6. The number of anilines is 1. The largest absolute Gasteiger partial charge is 0.322 e. The lowest BCUT2D eigenvalue weighted by atomic mass is 10.1. The number of hydrogen-bond donors (Lipinski definition) is 2. The first-order valence-electron chi connectivity index (χ1n) is 7.04. The van der Waals surface area contributed by atoms with Crippen molar-refractivity contribution < 1.29 is 4.79 Å². The molecule has 0 aliphatic rings. The average molecular weight is 320 g/mol. The monoisotopic (exact) mass is 320 g/mol. The van der Waals surface area contributed by atoms with Gasteiger partial charge < -0.3 is 5.32 Å². The molecule has 0 saturated heterocycles. The van der Waals surface area contributed by atoms with Crippen molar-refractivity contribution in [3.8, 4) is 11.3 Å². The zero-order valence-electron chi connectivity index (χ0n) is 12.0. The molecular formula is C17H12N4OS. The van der Waals surface area contributed by atoms with Crippen molar-refractivity contribution in [2.75, 3.05) is 5.32 Å². The Morgan fingerprint density at radius 2 is 1.96 bits per heavy atom. The van der Waals surface area contributed by atoms with Crippen LogP contribution in [-0.2, 0) is 0 Å². The van der Waals surface area contributed by atoms with Crippen molar-refractivity contribution in [2.45, 2.75) is 0 Å². The summed E-state index contributed by atoms with van der Waals surface area (Å²) < 4.78 is 1.01. The van der Waals surface area contributed by atoms with Crippen molar-refractivity contribution >= 4 is 33.1 Å². The molecule has 0 aliphatic carbocycles. The normalized spacial score (nSPS) is 10.8. The van der Waals surface area contributed by atoms with E-state index in [1.165, 1.54) is 11.3 Å². The van der Waals surface area contributed by atoms with Crippen LogP contribution in [0.2, 0.25) is 0 Å². The molecule has 0 saturated carbocycles. The summed E-state index contributed by atoms with van der Waals surface area (Å²) in [6.45, 7) is 0. The Morgan fingerprint density at radius 3 is 2.74 bits per heavy atom. The summed E-state index contributed by atoms with van der Waals surface area (Å²) in [5.41, 5.74) is 6.03. The molecule has 112 valence electrons. The molecule has 0 aliphatic heterocycles. The Bertz CT molecular complexity index is 958. The highest BCUT2D eigenvalue weighted by molar-refractivity contribution is 7.16. The van der Waals surface area contributed by atoms with Gasteiger partial charge in [0.1, 0.15) is 0 Å². The van der Waals surface area contributed by atoms with Crippen LogP contribution in [-0.4, -0.2) is 21.1 Å². The fourth-order valence-corrected chi connectivity index (χ4v) is 3.07. The number of aromatic amines is 1. The van der Waals surface area contributed by atoms with Crippen LogP contribution in [0.5, 0.6) is 0 Å². The predicted octanol–water partition coefficient (Wildman–Crippen LogP) is 3.94. The van der Waals surface area contributed by atoms with E-state index in [-0.39, 0.29) is 5.91 Å². The summed E-state index contributed by atoms with van der Waals surface area (Å²) in [6, 6.07) is 15.0. The lowest BCUT2D eigenvalue weighted by Gasteiger charge is -2.06. The quantitative estimate of drug-likeness (QED) is 0.600. The van der Waals surface area contributed by atoms with Gasteiger partial charge in [0.2, 0.25) is 0 Å². The Kier molecular flexibility index (Phi) is 3.36. The van der Waals surface area contributed by atoms with E-state index in [0.29, 0.717) is 5.56 Å². The third-order valence-electron chi connectivity index (χ3n) is 3.55. The number of nitrogens with zero attached hydrogens (tertiary/aromatic N) is 2. The van der Waals surface area contributed by atoms with Crippen LogP contribution in [0.25, 0.3) is 21.5 Å². The predicted molar refractivity (Wildman–Crippen MR) is 91.6 cm³/mol. The first kappa shape index (κ1) is 13.7. The number of carbonyl (C=O) groups is 1. The molecule has 0 bridgehead atoms. The fraction of sp³-hybridized carbons (Fsp3) is 0. The molecule has 2 aromatic carbocycles. The Hall–Kier alpha value is -2.99. The molecule has 2 aromatic heterocycles. The number of carbonyl (C=O) groups excluding carboxylic acids is 1. The number of H-pyrrole nitrogens is 1. The molecule has 5 nitrogen and oxygen atoms in total. The van der Waals surface area contributed by atoms with Crippen LogP contribution >= 0.6 is 11.3 Å². The number of aromatic nitrogens is 3. The smallest absolute Gasteiger partial charge is 0.255 e. The number of amides is 1. The van der Waals surface area contributed by atoms with Gasteiger partial charge in [0.15, 0.2) is 0 Å². The highest BCUT2D eigenvalue weighted by Crippen LogP contribution is 2.21. The van der Waals surface area contributed by atoms with Crippen LogP contribution in [0.3, 0.4) is 0 Å². The maximum Gasteiger partial charge on any atom is 0.255 e. The minimum absolute atomic E-state index is 0.130. The lowest BCUT2D eigenvalue weighted by molar-refractivity contribution is 0.102. The second-order valence-corrected chi connectivity index (χ2v) is 5.92. The van der Waals surface area contributed by atoms with E-state index >= 15 is 0 Å². The van der Waals surface area contributed by atoms with Crippen LogP contribution in [0, 0.1) is 0 Å². The number of rotatable bonds is 3. The van der Waals surface area contributed by atoms with Gasteiger partial charge in [0.25, 0.3) is 5.91 Å². The van der Waals surface area contributed by atoms with Gasteiger partial charge >= 0.3 is 0 Å². The molecule has 1 amide bonds. The Labute approximate surface area is 136 Å². The van der Waals surface area contributed by atoms with E-state index in [4.69, 9.17) is 0 Å². The van der Waals surface area contributed by atoms with Crippen molar-refractivity contribution in [3.63, 3.8) is 0 Å². The molecule has 0 spiro atoms. The molecule has 6 heteroatoms. The number of fused-ring (bicyclic) bond motifs is 1. The lowest BCUT2D eigenvalue weighted by Crippen LogP contribution is -2.11. The van der Waals surface area contributed by atoms with Crippen LogP contribution in [0.15, 0.2) is 60.2 Å². The molecule has 2 heterocycles. The van der Waals surface area contributed by atoms with Gasteiger partial charge in [-0.15, -0.1) is 11.3 Å². The van der Waals surface area contributed by atoms with E-state index in [0.717, 1.165) is 27.2 Å². The van der Waals surface area contributed by atoms with Gasteiger partial charge in [-0.25, -0.2) is 4.98 Å². The van der Waals surface area contributed by atoms with Crippen LogP contribution in [0.4, 0.5) is 5.69 Å². The van der Waals surface area contributed by atoms with E-state index in [2.05, 4.69) is 20.5 Å². The highest BCUT2D eigenvalue weighted by Gasteiger charge is 2.08. The molecule has 0 atom stereocenters. The van der Waals surface area contributed by atoms with Crippen molar-refractivity contribution in [2.24, 2.45) is 0 Å². The SMILES string of the molecule is O=C(Nc1ccc(-c2ccn[nH]2)cc1)c1ccc2ncsc2c1. The maximum atomic E-state index is 12.4. The molecule has 0 fully saturated rings. The van der Waals surface area contributed by atoms with Gasteiger partial charge in [-0.2, -0.15) is 5.10 Å². The van der Waals surface area contributed by atoms with Gasteiger partial charge in [-0.05, 0) is 42.0 Å². The van der Waals surface area contributed by atoms with E-state index in [9.17, 15) is 4.79 Å². The minimum atomic E-state index is -0.130. The van der Waals surface area contributed by atoms with E-state index < -0.39 is 0 Å². The first-order chi connectivity index (χ1) is 11.3. The number of hydrogen-bond acceptors (Lipinski definition) is 4. The average Bonchev–Trinajstić information content (AvgIpc) is 3.26. The molecule has 4 aromatic rings. The number of thiazole rings is 1. The zero-order chi connectivity index (χ0) is 15.6. The minimum Gasteiger partial charge on any atom is -0.322 e. The third kappa shape index (κ3) is 2.72. The van der Waals surface area contributed by atoms with Crippen LogP contribution < -0.4 is 5.32 Å². The first-order valence-corrected chi connectivity index (χ1v) is 7.92. The number of benzene rings is 2. The van der Waals surface area contributed by atoms with Gasteiger partial charge in [-0.1, -0.05) is 12.1 Å². The van der Waals surface area contributed by atoms with E-state index in [1.54, 1.807) is 17.8 Å². The fourth-order valence-electron chi connectivity index (χ4n) is 2.35. The van der Waals surface area contributed by atoms with Gasteiger partial charge in [-0.3, -0.25) is 9.89 Å². The van der Waals surface area contributed by atoms with E-state index in [1.807, 2.05) is 42.5 Å². The molecule has 4 rings (SSSR count). The summed E-state index contributed by atoms with van der Waals surface area (Å²) in [5.74, 6) is -0.130. The maximum absolute atomic E-state index is 12.4. The summed E-state index contributed by atoms with van der Waals surface area (Å²) in [6.07, 6.45) is 1.71. The third-order valence-corrected chi connectivity index (χ3v) is 4.34. The summed E-state index contributed by atoms with van der Waals surface area (Å²) in [7, 11) is 0. The standard InChI is InChI=1S/C17H12N4OS/c22-17(12-3-6-15-16(9-12)23-10-18-15)20-13-4-1-11(2-5-13)14-7-8-19-21-14/h1-10H,(H,19,21)(H,20,22). The zero-order valence-corrected chi connectivity index (χ0v) is 12.8. The van der Waals surface area contributed by atoms with Gasteiger partial charge in [0, 0.05) is 17.4 Å². The molecule has 0 unspecified atom stereocenters. The second-order valence-electron chi connectivity index (χ2n) is 5.04. The van der Waals surface area contributed by atoms with Crippen molar-refractivity contribution in [1.82, 2.24) is 15.2 Å². The van der Waals surface area contributed by atoms with Crippen molar-refractivity contribution in [1.29, 1.82) is 0 Å². The van der Waals surface area contributed by atoms with Gasteiger partial charge in [0.05, 0.1) is 21.4 Å². The molecule has 0 radical (unpaired) electrons. The highest BCUT2D eigenvalue weighted by atomic mass is 32.1. The summed E-state index contributed by atoms with van der Waals surface area (Å²) >= 11 is 1.53. The Balaban J connectivity index is 1.53. The molecular weight excluding hydrogens is 308 g/mol. The number of nitrogens with one attached hydrogen (secondary N) is 2. The summed E-state index contributed by atoms with van der Waals surface area (Å²) in [5, 5.41) is 9.75. The second kappa shape index (κ2) is 5.66. The molecule has 23 heavy (non-hydrogen) atoms. The topological polar surface area (TPSA) is 70.7 Å². The van der Waals surface area contributed by atoms with Crippen molar-refractivity contribution in [3.05, 3.63) is 65.8 Å². The molecule has 2 N–H and O–H groups in total.